The summed E-state index contributed by atoms with van der Waals surface area (Å²) in [5, 5.41) is 11.0. The van der Waals surface area contributed by atoms with Crippen molar-refractivity contribution in [2.75, 3.05) is 17.2 Å². The van der Waals surface area contributed by atoms with Crippen LogP contribution in [0.5, 0.6) is 11.5 Å². The number of carbonyl (C=O) groups is 1. The average molecular weight is 534 g/mol. The number of hydrogen-bond donors (Lipinski definition) is 2. The molecule has 2 heterocycles. The van der Waals surface area contributed by atoms with E-state index in [0.29, 0.717) is 51.6 Å². The number of fused-ring (bicyclic) bond motifs is 1. The van der Waals surface area contributed by atoms with Gasteiger partial charge in [-0.3, -0.25) is 4.79 Å². The third kappa shape index (κ3) is 5.19. The Morgan fingerprint density at radius 3 is 2.66 bits per heavy atom. The molecule has 10 heteroatoms. The van der Waals surface area contributed by atoms with Gasteiger partial charge >= 0.3 is 0 Å². The second-order valence-corrected chi connectivity index (χ2v) is 9.01. The second-order valence-electron chi connectivity index (χ2n) is 8.57. The van der Waals surface area contributed by atoms with Crippen molar-refractivity contribution in [2.24, 2.45) is 0 Å². The quantitative estimate of drug-likeness (QED) is 0.290. The number of ether oxygens (including phenoxy) is 2. The summed E-state index contributed by atoms with van der Waals surface area (Å²) in [6, 6.07) is 18.1. The molecule has 0 spiro atoms. The highest BCUT2D eigenvalue weighted by Crippen LogP contribution is 2.39. The lowest BCUT2D eigenvalue weighted by molar-refractivity contribution is -0.113. The number of nitrogens with one attached hydrogen (secondary N) is 2. The molecule has 1 atom stereocenters. The minimum absolute atomic E-state index is 0.0421. The summed E-state index contributed by atoms with van der Waals surface area (Å²) in [5.41, 5.74) is 2.87. The molecule has 2 N–H and O–H groups in total. The van der Waals surface area contributed by atoms with Gasteiger partial charge in [-0.25, -0.2) is 9.07 Å². The predicted octanol–water partition coefficient (Wildman–Crippen LogP) is 5.98. The Morgan fingerprint density at radius 1 is 1.11 bits per heavy atom. The topological polar surface area (TPSA) is 90.3 Å². The Morgan fingerprint density at radius 2 is 1.89 bits per heavy atom. The SMILES string of the molecule is CCOc1cc(C2C(C(=O)Nc3ccc(Cl)cc3)=C(C)Nc3ncnn32)ccc1OCc1ccccc1F. The molecule has 1 amide bonds. The van der Waals surface area contributed by atoms with E-state index in [1.54, 1.807) is 53.2 Å². The Bertz CT molecular complexity index is 1500. The molecule has 1 aromatic heterocycles. The maximum Gasteiger partial charge on any atom is 0.255 e. The largest absolute Gasteiger partial charge is 0.490 e. The molecule has 1 aliphatic heterocycles. The summed E-state index contributed by atoms with van der Waals surface area (Å²) < 4.78 is 27.6. The van der Waals surface area contributed by atoms with E-state index in [4.69, 9.17) is 21.1 Å². The van der Waals surface area contributed by atoms with Gasteiger partial charge in [0.1, 0.15) is 24.8 Å². The number of rotatable bonds is 8. The van der Waals surface area contributed by atoms with Crippen molar-refractivity contribution in [1.82, 2.24) is 14.8 Å². The zero-order valence-corrected chi connectivity index (χ0v) is 21.5. The lowest BCUT2D eigenvalue weighted by atomic mass is 9.94. The minimum Gasteiger partial charge on any atom is -0.490 e. The molecule has 0 radical (unpaired) electrons. The van der Waals surface area contributed by atoms with Crippen molar-refractivity contribution in [3.05, 3.63) is 106 Å². The third-order valence-corrected chi connectivity index (χ3v) is 6.32. The minimum atomic E-state index is -0.596. The molecule has 5 rings (SSSR count). The maximum absolute atomic E-state index is 14.1. The molecule has 0 saturated heterocycles. The van der Waals surface area contributed by atoms with E-state index in [0.717, 1.165) is 5.56 Å². The number of benzene rings is 3. The molecule has 194 valence electrons. The van der Waals surface area contributed by atoms with Crippen LogP contribution in [-0.2, 0) is 11.4 Å². The highest BCUT2D eigenvalue weighted by molar-refractivity contribution is 6.30. The number of carbonyl (C=O) groups excluding carboxylic acids is 1. The van der Waals surface area contributed by atoms with Crippen molar-refractivity contribution in [3.8, 4) is 11.5 Å². The summed E-state index contributed by atoms with van der Waals surface area (Å²) in [7, 11) is 0. The van der Waals surface area contributed by atoms with Crippen molar-refractivity contribution in [3.63, 3.8) is 0 Å². The molecule has 0 saturated carbocycles. The van der Waals surface area contributed by atoms with E-state index in [1.165, 1.54) is 12.4 Å². The Hall–Kier alpha value is -4.37. The second kappa shape index (κ2) is 10.9. The Kier molecular flexibility index (Phi) is 7.28. The molecule has 4 aromatic rings. The average Bonchev–Trinajstić information content (AvgIpc) is 3.37. The highest BCUT2D eigenvalue weighted by atomic mass is 35.5. The smallest absolute Gasteiger partial charge is 0.255 e. The van der Waals surface area contributed by atoms with Gasteiger partial charge in [0.15, 0.2) is 11.5 Å². The normalized spacial score (nSPS) is 14.5. The van der Waals surface area contributed by atoms with Crippen LogP contribution in [0.1, 0.15) is 31.0 Å². The number of nitrogens with zero attached hydrogens (tertiary/aromatic N) is 3. The van der Waals surface area contributed by atoms with Gasteiger partial charge in [0.05, 0.1) is 12.2 Å². The molecule has 1 aliphatic rings. The molecular weight excluding hydrogens is 509 g/mol. The molecule has 0 fully saturated rings. The van der Waals surface area contributed by atoms with Crippen LogP contribution in [-0.4, -0.2) is 27.3 Å². The fourth-order valence-corrected chi connectivity index (χ4v) is 4.40. The summed E-state index contributed by atoms with van der Waals surface area (Å²) in [4.78, 5) is 17.8. The summed E-state index contributed by atoms with van der Waals surface area (Å²) in [5.74, 6) is 0.790. The number of allylic oxidation sites excluding steroid dienone is 1. The van der Waals surface area contributed by atoms with Gasteiger partial charge in [-0.15, -0.1) is 0 Å². The van der Waals surface area contributed by atoms with Gasteiger partial charge in [0.25, 0.3) is 5.91 Å². The fourth-order valence-electron chi connectivity index (χ4n) is 4.28. The van der Waals surface area contributed by atoms with Crippen LogP contribution in [0, 0.1) is 5.82 Å². The first-order valence-corrected chi connectivity index (χ1v) is 12.4. The first-order valence-electron chi connectivity index (χ1n) is 12.0. The summed E-state index contributed by atoms with van der Waals surface area (Å²) in [6.45, 7) is 4.11. The van der Waals surface area contributed by atoms with Gasteiger partial charge < -0.3 is 20.1 Å². The number of halogens is 2. The van der Waals surface area contributed by atoms with Crippen LogP contribution < -0.4 is 20.1 Å². The van der Waals surface area contributed by atoms with Crippen LogP contribution in [0.4, 0.5) is 16.0 Å². The predicted molar refractivity (Wildman–Crippen MR) is 143 cm³/mol. The molecule has 8 nitrogen and oxygen atoms in total. The number of aromatic nitrogens is 3. The number of anilines is 2. The van der Waals surface area contributed by atoms with E-state index >= 15 is 0 Å². The van der Waals surface area contributed by atoms with Crippen molar-refractivity contribution in [1.29, 1.82) is 0 Å². The molecule has 0 aliphatic carbocycles. The van der Waals surface area contributed by atoms with E-state index in [9.17, 15) is 9.18 Å². The summed E-state index contributed by atoms with van der Waals surface area (Å²) in [6.07, 6.45) is 1.43. The molecular formula is C28H25ClFN5O3. The van der Waals surface area contributed by atoms with Crippen LogP contribution in [0.25, 0.3) is 0 Å². The van der Waals surface area contributed by atoms with Crippen molar-refractivity contribution < 1.29 is 18.7 Å². The first kappa shape index (κ1) is 25.3. The first-order chi connectivity index (χ1) is 18.4. The monoisotopic (exact) mass is 533 g/mol. The van der Waals surface area contributed by atoms with Gasteiger partial charge in [-0.2, -0.15) is 10.1 Å². The Labute approximate surface area is 224 Å². The highest BCUT2D eigenvalue weighted by Gasteiger charge is 2.34. The number of amides is 1. The van der Waals surface area contributed by atoms with E-state index < -0.39 is 6.04 Å². The van der Waals surface area contributed by atoms with Gasteiger partial charge in [-0.05, 0) is 61.9 Å². The lowest BCUT2D eigenvalue weighted by Crippen LogP contribution is -2.31. The maximum atomic E-state index is 14.1. The standard InChI is InChI=1S/C28H25ClFN5O3/c1-3-37-24-14-18(8-13-23(24)38-15-19-6-4-5-7-22(19)30)26-25(17(2)33-28-31-16-32-35(26)28)27(36)34-21-11-9-20(29)10-12-21/h4-14,16,26H,3,15H2,1-2H3,(H,34,36)(H,31,32,33). The van der Waals surface area contributed by atoms with Crippen molar-refractivity contribution in [2.45, 2.75) is 26.5 Å². The Balaban J connectivity index is 1.49. The van der Waals surface area contributed by atoms with E-state index in [1.807, 2.05) is 26.0 Å². The summed E-state index contributed by atoms with van der Waals surface area (Å²) >= 11 is 5.99. The van der Waals surface area contributed by atoms with Crippen LogP contribution in [0.2, 0.25) is 5.02 Å². The zero-order valence-electron chi connectivity index (χ0n) is 20.7. The molecule has 3 aromatic carbocycles. The van der Waals surface area contributed by atoms with Crippen molar-refractivity contribution >= 4 is 29.1 Å². The van der Waals surface area contributed by atoms with Gasteiger partial charge in [0.2, 0.25) is 5.95 Å². The molecule has 38 heavy (non-hydrogen) atoms. The molecule has 1 unspecified atom stereocenters. The van der Waals surface area contributed by atoms with Gasteiger partial charge in [-0.1, -0.05) is 35.9 Å². The van der Waals surface area contributed by atoms with Crippen LogP contribution in [0.15, 0.2) is 84.3 Å². The van der Waals surface area contributed by atoms with Crippen LogP contribution >= 0.6 is 11.6 Å². The van der Waals surface area contributed by atoms with E-state index in [-0.39, 0.29) is 18.3 Å². The van der Waals surface area contributed by atoms with Crippen LogP contribution in [0.3, 0.4) is 0 Å². The zero-order chi connectivity index (χ0) is 26.6. The van der Waals surface area contributed by atoms with Gasteiger partial charge in [0, 0.05) is 22.0 Å². The molecule has 0 bridgehead atoms. The lowest BCUT2D eigenvalue weighted by Gasteiger charge is -2.29. The third-order valence-electron chi connectivity index (χ3n) is 6.07. The van der Waals surface area contributed by atoms with E-state index in [2.05, 4.69) is 20.7 Å². The fraction of sp³-hybridized carbons (Fsp3) is 0.179. The number of hydrogen-bond acceptors (Lipinski definition) is 6.